The van der Waals surface area contributed by atoms with Crippen molar-refractivity contribution in [2.75, 3.05) is 6.61 Å². The molecule has 0 radical (unpaired) electrons. The average Bonchev–Trinajstić information content (AvgIpc) is 2.59. The Bertz CT molecular complexity index is 713. The Kier molecular flexibility index (Phi) is 5.97. The van der Waals surface area contributed by atoms with E-state index in [-0.39, 0.29) is 18.6 Å². The van der Waals surface area contributed by atoms with E-state index in [0.717, 1.165) is 11.1 Å². The molecule has 0 aliphatic rings. The lowest BCUT2D eigenvalue weighted by Gasteiger charge is -2.27. The maximum absolute atomic E-state index is 12.5. The molecule has 0 spiro atoms. The SMILES string of the molecule is Cc1ccc(OCC(=O)N(Cc2ccc(C#N)cc2)C(C)C)cc1. The molecule has 2 rings (SSSR count). The fraction of sp³-hybridized carbons (Fsp3) is 0.300. The largest absolute Gasteiger partial charge is 0.484 e. The predicted molar refractivity (Wildman–Crippen MR) is 93.5 cm³/mol. The molecule has 4 heteroatoms. The van der Waals surface area contributed by atoms with E-state index in [9.17, 15) is 4.79 Å². The number of hydrogen-bond acceptors (Lipinski definition) is 3. The molecule has 2 aromatic rings. The van der Waals surface area contributed by atoms with Crippen LogP contribution in [-0.4, -0.2) is 23.5 Å². The maximum atomic E-state index is 12.5. The van der Waals surface area contributed by atoms with Gasteiger partial charge in [-0.1, -0.05) is 29.8 Å². The molecule has 0 fully saturated rings. The first-order valence-electron chi connectivity index (χ1n) is 7.97. The van der Waals surface area contributed by atoms with Gasteiger partial charge in [-0.25, -0.2) is 0 Å². The van der Waals surface area contributed by atoms with Crippen molar-refractivity contribution in [3.8, 4) is 11.8 Å². The Labute approximate surface area is 143 Å². The Morgan fingerprint density at radius 2 is 1.75 bits per heavy atom. The van der Waals surface area contributed by atoms with Crippen molar-refractivity contribution >= 4 is 5.91 Å². The van der Waals surface area contributed by atoms with E-state index in [1.165, 1.54) is 0 Å². The van der Waals surface area contributed by atoms with Crippen LogP contribution in [0, 0.1) is 18.3 Å². The number of carbonyl (C=O) groups is 1. The fourth-order valence-electron chi connectivity index (χ4n) is 2.30. The van der Waals surface area contributed by atoms with E-state index in [1.54, 1.807) is 17.0 Å². The van der Waals surface area contributed by atoms with Crippen LogP contribution in [0.25, 0.3) is 0 Å². The second-order valence-corrected chi connectivity index (χ2v) is 6.03. The predicted octanol–water partition coefficient (Wildman–Crippen LogP) is 3.68. The summed E-state index contributed by atoms with van der Waals surface area (Å²) in [6, 6.07) is 17.1. The van der Waals surface area contributed by atoms with Crippen LogP contribution in [0.5, 0.6) is 5.75 Å². The first-order valence-corrected chi connectivity index (χ1v) is 7.97. The second-order valence-electron chi connectivity index (χ2n) is 6.03. The molecule has 0 heterocycles. The van der Waals surface area contributed by atoms with Crippen LogP contribution in [0.4, 0.5) is 0 Å². The number of nitrogens with zero attached hydrogens (tertiary/aromatic N) is 2. The summed E-state index contributed by atoms with van der Waals surface area (Å²) in [6.45, 7) is 6.48. The minimum Gasteiger partial charge on any atom is -0.484 e. The molecule has 0 aliphatic carbocycles. The van der Waals surface area contributed by atoms with Gasteiger partial charge in [0, 0.05) is 12.6 Å². The number of ether oxygens (including phenoxy) is 1. The van der Waals surface area contributed by atoms with Crippen molar-refractivity contribution in [3.05, 3.63) is 65.2 Å². The Balaban J connectivity index is 1.99. The lowest BCUT2D eigenvalue weighted by molar-refractivity contribution is -0.135. The molecule has 1 amide bonds. The first-order chi connectivity index (χ1) is 11.5. The average molecular weight is 322 g/mol. The number of hydrogen-bond donors (Lipinski definition) is 0. The number of aryl methyl sites for hydroxylation is 1. The lowest BCUT2D eigenvalue weighted by Crippen LogP contribution is -2.39. The van der Waals surface area contributed by atoms with Gasteiger partial charge in [-0.2, -0.15) is 5.26 Å². The summed E-state index contributed by atoms with van der Waals surface area (Å²) in [5.41, 5.74) is 2.76. The van der Waals surface area contributed by atoms with Crippen molar-refractivity contribution in [2.24, 2.45) is 0 Å². The summed E-state index contributed by atoms with van der Waals surface area (Å²) in [4.78, 5) is 14.3. The van der Waals surface area contributed by atoms with Gasteiger partial charge in [-0.3, -0.25) is 4.79 Å². The third-order valence-corrected chi connectivity index (χ3v) is 3.76. The minimum absolute atomic E-state index is 0.0114. The maximum Gasteiger partial charge on any atom is 0.261 e. The first kappa shape index (κ1) is 17.6. The van der Waals surface area contributed by atoms with Crippen molar-refractivity contribution in [1.29, 1.82) is 5.26 Å². The summed E-state index contributed by atoms with van der Waals surface area (Å²) in [5.74, 6) is 0.631. The monoisotopic (exact) mass is 322 g/mol. The fourth-order valence-corrected chi connectivity index (χ4v) is 2.30. The summed E-state index contributed by atoms with van der Waals surface area (Å²) in [7, 11) is 0. The molecule has 0 saturated carbocycles. The molecular formula is C20H22N2O2. The van der Waals surface area contributed by atoms with Crippen LogP contribution in [0.1, 0.15) is 30.5 Å². The van der Waals surface area contributed by atoms with E-state index < -0.39 is 0 Å². The highest BCUT2D eigenvalue weighted by atomic mass is 16.5. The molecular weight excluding hydrogens is 300 g/mol. The van der Waals surface area contributed by atoms with Crippen LogP contribution in [0.15, 0.2) is 48.5 Å². The zero-order valence-corrected chi connectivity index (χ0v) is 14.3. The minimum atomic E-state index is -0.0602. The van der Waals surface area contributed by atoms with Gasteiger partial charge in [0.15, 0.2) is 6.61 Å². The molecule has 0 unspecified atom stereocenters. The summed E-state index contributed by atoms with van der Waals surface area (Å²) in [6.07, 6.45) is 0. The molecule has 0 N–H and O–H groups in total. The number of nitriles is 1. The van der Waals surface area contributed by atoms with Gasteiger partial charge in [0.25, 0.3) is 5.91 Å². The van der Waals surface area contributed by atoms with Gasteiger partial charge >= 0.3 is 0 Å². The molecule has 0 atom stereocenters. The number of carbonyl (C=O) groups excluding carboxylic acids is 1. The van der Waals surface area contributed by atoms with E-state index in [0.29, 0.717) is 17.9 Å². The summed E-state index contributed by atoms with van der Waals surface area (Å²) in [5, 5.41) is 8.85. The third kappa shape index (κ3) is 4.85. The van der Waals surface area contributed by atoms with Crippen molar-refractivity contribution < 1.29 is 9.53 Å². The normalized spacial score (nSPS) is 10.3. The molecule has 0 saturated heterocycles. The highest BCUT2D eigenvalue weighted by Crippen LogP contribution is 2.13. The molecule has 2 aromatic carbocycles. The molecule has 0 aliphatic heterocycles. The van der Waals surface area contributed by atoms with E-state index in [2.05, 4.69) is 6.07 Å². The summed E-state index contributed by atoms with van der Waals surface area (Å²) < 4.78 is 5.59. The number of amides is 1. The van der Waals surface area contributed by atoms with Crippen LogP contribution >= 0.6 is 0 Å². The number of benzene rings is 2. The smallest absolute Gasteiger partial charge is 0.261 e. The van der Waals surface area contributed by atoms with Crippen molar-refractivity contribution in [1.82, 2.24) is 4.90 Å². The quantitative estimate of drug-likeness (QED) is 0.815. The van der Waals surface area contributed by atoms with E-state index in [4.69, 9.17) is 10.00 Å². The zero-order chi connectivity index (χ0) is 17.5. The number of rotatable bonds is 6. The second kappa shape index (κ2) is 8.16. The highest BCUT2D eigenvalue weighted by Gasteiger charge is 2.18. The van der Waals surface area contributed by atoms with E-state index >= 15 is 0 Å². The topological polar surface area (TPSA) is 53.3 Å². The highest BCUT2D eigenvalue weighted by molar-refractivity contribution is 5.78. The molecule has 0 bridgehead atoms. The molecule has 0 aromatic heterocycles. The molecule has 4 nitrogen and oxygen atoms in total. The van der Waals surface area contributed by atoms with Crippen molar-refractivity contribution in [3.63, 3.8) is 0 Å². The van der Waals surface area contributed by atoms with Crippen LogP contribution in [-0.2, 0) is 11.3 Å². The van der Waals surface area contributed by atoms with Gasteiger partial charge in [0.1, 0.15) is 5.75 Å². The van der Waals surface area contributed by atoms with Crippen LogP contribution in [0.3, 0.4) is 0 Å². The van der Waals surface area contributed by atoms with Gasteiger partial charge in [-0.15, -0.1) is 0 Å². The van der Waals surface area contributed by atoms with E-state index in [1.807, 2.05) is 57.2 Å². The Morgan fingerprint density at radius 3 is 2.29 bits per heavy atom. The lowest BCUT2D eigenvalue weighted by atomic mass is 10.1. The zero-order valence-electron chi connectivity index (χ0n) is 14.3. The Morgan fingerprint density at radius 1 is 1.12 bits per heavy atom. The standard InChI is InChI=1S/C20H22N2O2/c1-15(2)22(13-18-8-6-17(12-21)7-9-18)20(23)14-24-19-10-4-16(3)5-11-19/h4-11,15H,13-14H2,1-3H3. The van der Waals surface area contributed by atoms with Crippen LogP contribution < -0.4 is 4.74 Å². The van der Waals surface area contributed by atoms with Gasteiger partial charge < -0.3 is 9.64 Å². The summed E-state index contributed by atoms with van der Waals surface area (Å²) >= 11 is 0. The third-order valence-electron chi connectivity index (χ3n) is 3.76. The van der Waals surface area contributed by atoms with Gasteiger partial charge in [0.2, 0.25) is 0 Å². The van der Waals surface area contributed by atoms with Gasteiger partial charge in [-0.05, 0) is 50.6 Å². The molecule has 24 heavy (non-hydrogen) atoms. The molecule has 124 valence electrons. The van der Waals surface area contributed by atoms with Crippen LogP contribution in [0.2, 0.25) is 0 Å². The Hall–Kier alpha value is -2.80. The van der Waals surface area contributed by atoms with Gasteiger partial charge in [0.05, 0.1) is 11.6 Å². The van der Waals surface area contributed by atoms with Crippen molar-refractivity contribution in [2.45, 2.75) is 33.4 Å².